The number of carbonyl (C=O) groups excluding carboxylic acids is 2. The SMILES string of the molecule is COc1ccc(NC(=O)CN(Cc2ccc(F)cc2)C(=O)CSc2nc(C)cc(C)n2)cc1. The van der Waals surface area contributed by atoms with Crippen molar-refractivity contribution >= 4 is 29.3 Å². The lowest BCUT2D eigenvalue weighted by molar-refractivity contribution is -0.132. The Balaban J connectivity index is 1.69. The second-order valence-electron chi connectivity index (χ2n) is 7.37. The quantitative estimate of drug-likeness (QED) is 0.378. The summed E-state index contributed by atoms with van der Waals surface area (Å²) in [7, 11) is 1.56. The first-order valence-corrected chi connectivity index (χ1v) is 11.2. The highest BCUT2D eigenvalue weighted by atomic mass is 32.2. The fourth-order valence-corrected chi connectivity index (χ4v) is 3.92. The third-order valence-electron chi connectivity index (χ3n) is 4.63. The van der Waals surface area contributed by atoms with Crippen LogP contribution in [0.5, 0.6) is 5.75 Å². The van der Waals surface area contributed by atoms with Gasteiger partial charge >= 0.3 is 0 Å². The molecule has 0 spiro atoms. The molecule has 0 saturated carbocycles. The number of amides is 2. The molecule has 0 aliphatic heterocycles. The van der Waals surface area contributed by atoms with E-state index < -0.39 is 0 Å². The number of methoxy groups -OCH3 is 1. The van der Waals surface area contributed by atoms with Gasteiger partial charge in [0.15, 0.2) is 5.16 Å². The van der Waals surface area contributed by atoms with Crippen LogP contribution >= 0.6 is 11.8 Å². The van der Waals surface area contributed by atoms with Crippen molar-refractivity contribution in [2.45, 2.75) is 25.5 Å². The summed E-state index contributed by atoms with van der Waals surface area (Å²) in [5.74, 6) is -0.219. The minimum atomic E-state index is -0.364. The van der Waals surface area contributed by atoms with Crippen molar-refractivity contribution in [1.29, 1.82) is 0 Å². The van der Waals surface area contributed by atoms with Crippen molar-refractivity contribution in [3.63, 3.8) is 0 Å². The van der Waals surface area contributed by atoms with Gasteiger partial charge in [-0.1, -0.05) is 23.9 Å². The van der Waals surface area contributed by atoms with Crippen LogP contribution < -0.4 is 10.1 Å². The highest BCUT2D eigenvalue weighted by molar-refractivity contribution is 7.99. The van der Waals surface area contributed by atoms with Gasteiger partial charge in [0, 0.05) is 23.6 Å². The molecule has 33 heavy (non-hydrogen) atoms. The lowest BCUT2D eigenvalue weighted by atomic mass is 10.2. The number of anilines is 1. The zero-order chi connectivity index (χ0) is 23.8. The predicted molar refractivity (Wildman–Crippen MR) is 126 cm³/mol. The molecule has 3 aromatic rings. The number of aromatic nitrogens is 2. The van der Waals surface area contributed by atoms with Crippen LogP contribution in [0.3, 0.4) is 0 Å². The largest absolute Gasteiger partial charge is 0.497 e. The van der Waals surface area contributed by atoms with Crippen molar-refractivity contribution in [1.82, 2.24) is 14.9 Å². The number of halogens is 1. The molecule has 2 amide bonds. The second-order valence-corrected chi connectivity index (χ2v) is 8.32. The topological polar surface area (TPSA) is 84.4 Å². The molecule has 3 rings (SSSR count). The van der Waals surface area contributed by atoms with Gasteiger partial charge in [-0.3, -0.25) is 9.59 Å². The van der Waals surface area contributed by atoms with E-state index in [0.29, 0.717) is 16.6 Å². The summed E-state index contributed by atoms with van der Waals surface area (Å²) < 4.78 is 18.4. The van der Waals surface area contributed by atoms with Crippen LogP contribution in [0.2, 0.25) is 0 Å². The van der Waals surface area contributed by atoms with Crippen LogP contribution in [-0.4, -0.2) is 46.1 Å². The average molecular weight is 469 g/mol. The Morgan fingerprint density at radius 2 is 1.67 bits per heavy atom. The fraction of sp³-hybridized carbons (Fsp3) is 0.250. The summed E-state index contributed by atoms with van der Waals surface area (Å²) in [5.41, 5.74) is 2.95. The minimum Gasteiger partial charge on any atom is -0.497 e. The summed E-state index contributed by atoms with van der Waals surface area (Å²) >= 11 is 1.21. The maximum atomic E-state index is 13.3. The molecule has 1 heterocycles. The average Bonchev–Trinajstić information content (AvgIpc) is 2.78. The van der Waals surface area contributed by atoms with Crippen LogP contribution in [0, 0.1) is 19.7 Å². The van der Waals surface area contributed by atoms with Gasteiger partial charge < -0.3 is 15.0 Å². The summed E-state index contributed by atoms with van der Waals surface area (Å²) in [6, 6.07) is 14.6. The van der Waals surface area contributed by atoms with Crippen molar-refractivity contribution in [2.75, 3.05) is 24.7 Å². The third-order valence-corrected chi connectivity index (χ3v) is 5.47. The Kier molecular flexibility index (Phi) is 8.37. The lowest BCUT2D eigenvalue weighted by Crippen LogP contribution is -2.38. The maximum Gasteiger partial charge on any atom is 0.244 e. The Hall–Kier alpha value is -3.46. The Morgan fingerprint density at radius 1 is 1.03 bits per heavy atom. The summed E-state index contributed by atoms with van der Waals surface area (Å²) in [6.45, 7) is 3.75. The first kappa shape index (κ1) is 24.2. The minimum absolute atomic E-state index is 0.0693. The number of thioether (sulfide) groups is 1. The highest BCUT2D eigenvalue weighted by Crippen LogP contribution is 2.17. The summed E-state index contributed by atoms with van der Waals surface area (Å²) in [5, 5.41) is 3.29. The van der Waals surface area contributed by atoms with Gasteiger partial charge in [-0.05, 0) is 61.9 Å². The number of nitrogens with one attached hydrogen (secondary N) is 1. The first-order valence-electron chi connectivity index (χ1n) is 10.2. The van der Waals surface area contributed by atoms with E-state index in [-0.39, 0.29) is 36.5 Å². The molecule has 0 radical (unpaired) electrons. The normalized spacial score (nSPS) is 10.5. The molecular formula is C24H25FN4O3S. The number of hydrogen-bond acceptors (Lipinski definition) is 6. The molecule has 172 valence electrons. The fourth-order valence-electron chi connectivity index (χ4n) is 3.07. The number of aryl methyl sites for hydroxylation is 2. The van der Waals surface area contributed by atoms with Gasteiger partial charge in [0.05, 0.1) is 12.9 Å². The molecule has 0 fully saturated rings. The summed E-state index contributed by atoms with van der Waals surface area (Å²) in [6.07, 6.45) is 0. The molecule has 2 aromatic carbocycles. The van der Waals surface area contributed by atoms with Crippen LogP contribution in [0.4, 0.5) is 10.1 Å². The monoisotopic (exact) mass is 468 g/mol. The molecule has 0 unspecified atom stereocenters. The number of rotatable bonds is 9. The third kappa shape index (κ3) is 7.57. The Morgan fingerprint density at radius 3 is 2.27 bits per heavy atom. The van der Waals surface area contributed by atoms with Gasteiger partial charge in [-0.2, -0.15) is 0 Å². The van der Waals surface area contributed by atoms with E-state index in [9.17, 15) is 14.0 Å². The van der Waals surface area contributed by atoms with Gasteiger partial charge in [0.25, 0.3) is 0 Å². The maximum absolute atomic E-state index is 13.3. The van der Waals surface area contributed by atoms with E-state index in [0.717, 1.165) is 17.0 Å². The highest BCUT2D eigenvalue weighted by Gasteiger charge is 2.19. The van der Waals surface area contributed by atoms with E-state index in [1.165, 1.54) is 28.8 Å². The lowest BCUT2D eigenvalue weighted by Gasteiger charge is -2.22. The molecule has 0 saturated heterocycles. The van der Waals surface area contributed by atoms with Crippen LogP contribution in [-0.2, 0) is 16.1 Å². The van der Waals surface area contributed by atoms with Crippen LogP contribution in [0.25, 0.3) is 0 Å². The van der Waals surface area contributed by atoms with E-state index in [1.807, 2.05) is 19.9 Å². The van der Waals surface area contributed by atoms with Gasteiger partial charge in [-0.15, -0.1) is 0 Å². The number of benzene rings is 2. The molecule has 0 atom stereocenters. The van der Waals surface area contributed by atoms with Crippen molar-refractivity contribution < 1.29 is 18.7 Å². The van der Waals surface area contributed by atoms with E-state index in [2.05, 4.69) is 15.3 Å². The predicted octanol–water partition coefficient (Wildman–Crippen LogP) is 4.00. The Bertz CT molecular complexity index is 1090. The Labute approximate surface area is 196 Å². The number of ether oxygens (including phenoxy) is 1. The van der Waals surface area contributed by atoms with Gasteiger partial charge in [0.1, 0.15) is 18.1 Å². The number of hydrogen-bond donors (Lipinski definition) is 1. The smallest absolute Gasteiger partial charge is 0.244 e. The molecule has 1 N–H and O–H groups in total. The van der Waals surface area contributed by atoms with Crippen LogP contribution in [0.15, 0.2) is 59.8 Å². The molecule has 9 heteroatoms. The van der Waals surface area contributed by atoms with Crippen molar-refractivity contribution in [3.05, 3.63) is 77.4 Å². The van der Waals surface area contributed by atoms with Gasteiger partial charge in [0.2, 0.25) is 11.8 Å². The standard InChI is InChI=1S/C24H25FN4O3S/c1-16-12-17(2)27-24(26-16)33-15-23(31)29(13-18-4-6-19(25)7-5-18)14-22(30)28-20-8-10-21(32-3)11-9-20/h4-12H,13-15H2,1-3H3,(H,28,30). The number of carbonyl (C=O) groups is 2. The summed E-state index contributed by atoms with van der Waals surface area (Å²) in [4.78, 5) is 35.8. The number of nitrogens with zero attached hydrogens (tertiary/aromatic N) is 3. The van der Waals surface area contributed by atoms with E-state index in [1.54, 1.807) is 43.5 Å². The molecule has 7 nitrogen and oxygen atoms in total. The molecule has 0 aliphatic rings. The van der Waals surface area contributed by atoms with Crippen molar-refractivity contribution in [3.8, 4) is 5.75 Å². The molecular weight excluding hydrogens is 443 g/mol. The zero-order valence-electron chi connectivity index (χ0n) is 18.7. The zero-order valence-corrected chi connectivity index (χ0v) is 19.5. The molecule has 0 bridgehead atoms. The van der Waals surface area contributed by atoms with E-state index in [4.69, 9.17) is 4.74 Å². The van der Waals surface area contributed by atoms with Crippen molar-refractivity contribution in [2.24, 2.45) is 0 Å². The first-order chi connectivity index (χ1) is 15.8. The molecule has 1 aromatic heterocycles. The molecule has 0 aliphatic carbocycles. The van der Waals surface area contributed by atoms with Gasteiger partial charge in [-0.25, -0.2) is 14.4 Å². The van der Waals surface area contributed by atoms with Crippen LogP contribution in [0.1, 0.15) is 17.0 Å². The second kappa shape index (κ2) is 11.4. The van der Waals surface area contributed by atoms with E-state index >= 15 is 0 Å².